The van der Waals surface area contributed by atoms with Gasteiger partial charge in [-0.25, -0.2) is 9.48 Å². The van der Waals surface area contributed by atoms with Crippen LogP contribution in [0.25, 0.3) is 16.9 Å². The maximum atomic E-state index is 13.1. The van der Waals surface area contributed by atoms with Crippen LogP contribution in [-0.2, 0) is 19.5 Å². The number of hydrogen-bond donors (Lipinski definition) is 1. The van der Waals surface area contributed by atoms with E-state index in [1.807, 2.05) is 94.6 Å². The summed E-state index contributed by atoms with van der Waals surface area (Å²) in [6, 6.07) is 25.2. The van der Waals surface area contributed by atoms with E-state index in [2.05, 4.69) is 15.6 Å². The third-order valence-corrected chi connectivity index (χ3v) is 6.97. The molecule has 0 bridgehead atoms. The second kappa shape index (κ2) is 9.64. The van der Waals surface area contributed by atoms with Crippen molar-refractivity contribution in [2.75, 3.05) is 18.7 Å². The first kappa shape index (κ1) is 23.0. The summed E-state index contributed by atoms with van der Waals surface area (Å²) >= 11 is 0. The van der Waals surface area contributed by atoms with Gasteiger partial charge in [-0.1, -0.05) is 53.7 Å². The lowest BCUT2D eigenvalue weighted by atomic mass is 10.0. The Morgan fingerprint density at radius 2 is 1.74 bits per heavy atom. The van der Waals surface area contributed by atoms with Crippen LogP contribution in [0.15, 0.2) is 85.1 Å². The van der Waals surface area contributed by atoms with Crippen LogP contribution in [-0.4, -0.2) is 49.0 Å². The van der Waals surface area contributed by atoms with E-state index in [9.17, 15) is 4.79 Å². The molecule has 0 fully saturated rings. The number of benzene rings is 3. The Morgan fingerprint density at radius 1 is 0.949 bits per heavy atom. The third-order valence-electron chi connectivity index (χ3n) is 6.97. The minimum atomic E-state index is -0.120. The maximum Gasteiger partial charge on any atom is 0.322 e. The molecule has 0 unspecified atom stereocenters. The van der Waals surface area contributed by atoms with Gasteiger partial charge < -0.3 is 19.7 Å². The Morgan fingerprint density at radius 3 is 2.59 bits per heavy atom. The fraction of sp³-hybridized carbons (Fsp3) is 0.172. The molecule has 0 saturated carbocycles. The lowest BCUT2D eigenvalue weighted by Gasteiger charge is -2.28. The van der Waals surface area contributed by atoms with Crippen molar-refractivity contribution in [3.63, 3.8) is 0 Å². The SMILES string of the molecule is O=C(Nc1ccccc1)N1CCc2c(c(-c3ccccc3)nn2Cc2cn(-c3ccc4c(c3)OCO4)nn2)C1. The smallest absolute Gasteiger partial charge is 0.322 e. The fourth-order valence-electron chi connectivity index (χ4n) is 5.03. The number of aromatic nitrogens is 5. The van der Waals surface area contributed by atoms with Crippen LogP contribution in [0.3, 0.4) is 0 Å². The van der Waals surface area contributed by atoms with Gasteiger partial charge in [0.05, 0.1) is 30.7 Å². The Bertz CT molecular complexity index is 1650. The second-order valence-electron chi connectivity index (χ2n) is 9.46. The number of rotatable bonds is 5. The first-order chi connectivity index (χ1) is 19.2. The molecule has 0 atom stereocenters. The number of carbonyl (C=O) groups excluding carboxylic acids is 1. The van der Waals surface area contributed by atoms with E-state index in [-0.39, 0.29) is 12.8 Å². The minimum absolute atomic E-state index is 0.120. The predicted molar refractivity (Wildman–Crippen MR) is 144 cm³/mol. The molecule has 1 N–H and O–H groups in total. The van der Waals surface area contributed by atoms with Gasteiger partial charge in [0.25, 0.3) is 0 Å². The molecule has 2 aliphatic rings. The number of hydrogen-bond acceptors (Lipinski definition) is 6. The number of carbonyl (C=O) groups is 1. The molecule has 3 aromatic carbocycles. The standard InChI is InChI=1S/C29H25N7O3/c37-29(30-21-9-5-2-6-10-21)34-14-13-25-24(18-34)28(20-7-3-1-4-8-20)32-36(25)17-22-16-35(33-31-22)23-11-12-26-27(15-23)39-19-38-26/h1-12,15-16H,13-14,17-19H2,(H,30,37). The summed E-state index contributed by atoms with van der Waals surface area (Å²) in [5, 5.41) is 16.7. The van der Waals surface area contributed by atoms with Crippen molar-refractivity contribution >= 4 is 11.7 Å². The van der Waals surface area contributed by atoms with E-state index < -0.39 is 0 Å². The molecule has 39 heavy (non-hydrogen) atoms. The fourth-order valence-corrected chi connectivity index (χ4v) is 5.03. The highest BCUT2D eigenvalue weighted by atomic mass is 16.7. The van der Waals surface area contributed by atoms with E-state index in [0.717, 1.165) is 45.3 Å². The summed E-state index contributed by atoms with van der Waals surface area (Å²) in [5.41, 5.74) is 6.45. The Labute approximate surface area is 224 Å². The van der Waals surface area contributed by atoms with Gasteiger partial charge in [-0.3, -0.25) is 4.68 Å². The van der Waals surface area contributed by atoms with E-state index in [0.29, 0.717) is 31.8 Å². The van der Waals surface area contributed by atoms with Crippen LogP contribution in [0.2, 0.25) is 0 Å². The van der Waals surface area contributed by atoms with Crippen molar-refractivity contribution in [3.8, 4) is 28.4 Å². The number of ether oxygens (including phenoxy) is 2. The lowest BCUT2D eigenvalue weighted by Crippen LogP contribution is -2.39. The minimum Gasteiger partial charge on any atom is -0.454 e. The first-order valence-corrected chi connectivity index (χ1v) is 12.8. The van der Waals surface area contributed by atoms with Crippen molar-refractivity contribution in [2.45, 2.75) is 19.5 Å². The molecule has 2 aromatic heterocycles. The van der Waals surface area contributed by atoms with Gasteiger partial charge in [-0.05, 0) is 24.3 Å². The molecule has 10 heteroatoms. The van der Waals surface area contributed by atoms with Gasteiger partial charge in [0.1, 0.15) is 5.69 Å². The van der Waals surface area contributed by atoms with Crippen LogP contribution >= 0.6 is 0 Å². The van der Waals surface area contributed by atoms with Gasteiger partial charge in [-0.2, -0.15) is 5.10 Å². The number of urea groups is 1. The maximum absolute atomic E-state index is 13.1. The molecule has 0 saturated heterocycles. The molecular weight excluding hydrogens is 494 g/mol. The summed E-state index contributed by atoms with van der Waals surface area (Å²) < 4.78 is 14.6. The molecule has 0 radical (unpaired) electrons. The predicted octanol–water partition coefficient (Wildman–Crippen LogP) is 4.50. The molecule has 4 heterocycles. The number of nitrogens with one attached hydrogen (secondary N) is 1. The summed E-state index contributed by atoms with van der Waals surface area (Å²) in [4.78, 5) is 14.9. The molecule has 194 valence electrons. The largest absolute Gasteiger partial charge is 0.454 e. The van der Waals surface area contributed by atoms with Gasteiger partial charge in [-0.15, -0.1) is 5.10 Å². The highest BCUT2D eigenvalue weighted by Crippen LogP contribution is 2.34. The molecule has 7 rings (SSSR count). The molecule has 2 aliphatic heterocycles. The van der Waals surface area contributed by atoms with Gasteiger partial charge in [0.15, 0.2) is 11.5 Å². The summed E-state index contributed by atoms with van der Waals surface area (Å²) in [6.07, 6.45) is 2.59. The molecule has 2 amide bonds. The quantitative estimate of drug-likeness (QED) is 0.367. The van der Waals surface area contributed by atoms with Crippen LogP contribution in [0.5, 0.6) is 11.5 Å². The average molecular weight is 520 g/mol. The third kappa shape index (κ3) is 4.46. The second-order valence-corrected chi connectivity index (χ2v) is 9.46. The van der Waals surface area contributed by atoms with Crippen molar-refractivity contribution in [1.82, 2.24) is 29.7 Å². The van der Waals surface area contributed by atoms with Crippen LogP contribution in [0.1, 0.15) is 17.0 Å². The Kier molecular flexibility index (Phi) is 5.69. The average Bonchev–Trinajstić information content (AvgIpc) is 3.73. The normalized spacial score (nSPS) is 13.8. The van der Waals surface area contributed by atoms with Crippen molar-refractivity contribution in [3.05, 3.63) is 102 Å². The zero-order valence-corrected chi connectivity index (χ0v) is 21.0. The highest BCUT2D eigenvalue weighted by molar-refractivity contribution is 5.89. The number of amides is 2. The summed E-state index contributed by atoms with van der Waals surface area (Å²) in [6.45, 7) is 1.76. The molecule has 10 nitrogen and oxygen atoms in total. The van der Waals surface area contributed by atoms with E-state index in [4.69, 9.17) is 14.6 Å². The van der Waals surface area contributed by atoms with E-state index >= 15 is 0 Å². The number of para-hydroxylation sites is 1. The van der Waals surface area contributed by atoms with Crippen molar-refractivity contribution in [2.24, 2.45) is 0 Å². The number of anilines is 1. The van der Waals surface area contributed by atoms with Gasteiger partial charge in [0.2, 0.25) is 6.79 Å². The highest BCUT2D eigenvalue weighted by Gasteiger charge is 2.28. The van der Waals surface area contributed by atoms with Crippen LogP contribution in [0, 0.1) is 0 Å². The monoisotopic (exact) mass is 519 g/mol. The zero-order chi connectivity index (χ0) is 26.2. The lowest BCUT2D eigenvalue weighted by molar-refractivity contribution is 0.174. The molecule has 5 aromatic rings. The number of fused-ring (bicyclic) bond motifs is 2. The molecule has 0 aliphatic carbocycles. The first-order valence-electron chi connectivity index (χ1n) is 12.8. The topological polar surface area (TPSA) is 99.3 Å². The van der Waals surface area contributed by atoms with Crippen molar-refractivity contribution < 1.29 is 14.3 Å². The van der Waals surface area contributed by atoms with Crippen molar-refractivity contribution in [1.29, 1.82) is 0 Å². The molecule has 0 spiro atoms. The number of nitrogens with zero attached hydrogens (tertiary/aromatic N) is 6. The van der Waals surface area contributed by atoms with Crippen LogP contribution in [0.4, 0.5) is 10.5 Å². The van der Waals surface area contributed by atoms with Crippen LogP contribution < -0.4 is 14.8 Å². The van der Waals surface area contributed by atoms with E-state index in [1.165, 1.54) is 0 Å². The Balaban J connectivity index is 1.17. The van der Waals surface area contributed by atoms with Gasteiger partial charge in [0, 0.05) is 41.5 Å². The Hall–Kier alpha value is -5.12. The molecular formula is C29H25N7O3. The summed E-state index contributed by atoms with van der Waals surface area (Å²) in [5.74, 6) is 1.42. The van der Waals surface area contributed by atoms with Gasteiger partial charge >= 0.3 is 6.03 Å². The summed E-state index contributed by atoms with van der Waals surface area (Å²) in [7, 11) is 0. The zero-order valence-electron chi connectivity index (χ0n) is 21.0. The van der Waals surface area contributed by atoms with E-state index in [1.54, 1.807) is 4.68 Å².